The molecule has 2 aromatic rings. The van der Waals surface area contributed by atoms with Crippen LogP contribution < -0.4 is 5.32 Å². The maximum atomic E-state index is 5.21. The molecule has 3 rings (SSSR count). The quantitative estimate of drug-likeness (QED) is 0.669. The minimum atomic E-state index is 0.525. The molecular formula is C19H27N5O. The van der Waals surface area contributed by atoms with Crippen LogP contribution in [0.2, 0.25) is 0 Å². The molecule has 0 spiro atoms. The summed E-state index contributed by atoms with van der Waals surface area (Å²) in [6.07, 6.45) is 5.23. The van der Waals surface area contributed by atoms with Crippen LogP contribution in [0.4, 0.5) is 0 Å². The number of guanidine groups is 1. The minimum Gasteiger partial charge on any atom is -0.380 e. The van der Waals surface area contributed by atoms with Gasteiger partial charge in [-0.2, -0.15) is 5.10 Å². The van der Waals surface area contributed by atoms with Crippen LogP contribution >= 0.6 is 0 Å². The molecule has 0 amide bonds. The summed E-state index contributed by atoms with van der Waals surface area (Å²) in [5, 5.41) is 7.78. The van der Waals surface area contributed by atoms with Gasteiger partial charge in [-0.25, -0.2) is 0 Å². The Morgan fingerprint density at radius 3 is 2.96 bits per heavy atom. The molecule has 1 aliphatic heterocycles. The zero-order valence-corrected chi connectivity index (χ0v) is 15.3. The molecule has 0 saturated carbocycles. The van der Waals surface area contributed by atoms with Gasteiger partial charge in [0.25, 0.3) is 0 Å². The van der Waals surface area contributed by atoms with Crippen LogP contribution in [0.1, 0.15) is 29.0 Å². The van der Waals surface area contributed by atoms with Gasteiger partial charge in [-0.05, 0) is 23.1 Å². The van der Waals surface area contributed by atoms with E-state index >= 15 is 0 Å². The monoisotopic (exact) mass is 341 g/mol. The van der Waals surface area contributed by atoms with Crippen LogP contribution in [0.25, 0.3) is 0 Å². The molecule has 1 aliphatic rings. The van der Waals surface area contributed by atoms with Gasteiger partial charge in [0.2, 0.25) is 0 Å². The highest BCUT2D eigenvalue weighted by molar-refractivity contribution is 5.80. The van der Waals surface area contributed by atoms with E-state index in [1.54, 1.807) is 7.11 Å². The van der Waals surface area contributed by atoms with Crippen molar-refractivity contribution in [3.63, 3.8) is 0 Å². The number of aliphatic imine (C=N–C) groups is 1. The Kier molecular flexibility index (Phi) is 5.71. The third-order valence-corrected chi connectivity index (χ3v) is 4.65. The summed E-state index contributed by atoms with van der Waals surface area (Å²) in [6.45, 7) is 3.40. The Morgan fingerprint density at radius 1 is 1.40 bits per heavy atom. The van der Waals surface area contributed by atoms with E-state index in [-0.39, 0.29) is 0 Å². The zero-order chi connectivity index (χ0) is 17.6. The van der Waals surface area contributed by atoms with E-state index in [1.807, 2.05) is 25.0 Å². The molecule has 1 N–H and O–H groups in total. The highest BCUT2D eigenvalue weighted by Crippen LogP contribution is 2.26. The third-order valence-electron chi connectivity index (χ3n) is 4.65. The lowest BCUT2D eigenvalue weighted by atomic mass is 10.0. The first kappa shape index (κ1) is 17.5. The van der Waals surface area contributed by atoms with Crippen molar-refractivity contribution >= 4 is 5.96 Å². The number of aryl methyl sites for hydroxylation is 1. The Hall–Kier alpha value is -2.34. The SMILES string of the molecule is CN=C(NCc1cccc(COC)c1)N1CCC(c2cnn(C)c2)C1. The van der Waals surface area contributed by atoms with Crippen LogP contribution in [-0.4, -0.2) is 47.9 Å². The molecular weight excluding hydrogens is 314 g/mol. The summed E-state index contributed by atoms with van der Waals surface area (Å²) in [6, 6.07) is 8.46. The normalized spacial score (nSPS) is 18.0. The highest BCUT2D eigenvalue weighted by Gasteiger charge is 2.26. The number of ether oxygens (including phenoxy) is 1. The number of hydrogen-bond acceptors (Lipinski definition) is 3. The maximum Gasteiger partial charge on any atom is 0.193 e. The second kappa shape index (κ2) is 8.16. The topological polar surface area (TPSA) is 54.7 Å². The van der Waals surface area contributed by atoms with Crippen molar-refractivity contribution in [2.75, 3.05) is 27.2 Å². The summed E-state index contributed by atoms with van der Waals surface area (Å²) >= 11 is 0. The predicted octanol–water partition coefficient (Wildman–Crippen LogP) is 2.13. The second-order valence-corrected chi connectivity index (χ2v) is 6.53. The van der Waals surface area contributed by atoms with Gasteiger partial charge >= 0.3 is 0 Å². The second-order valence-electron chi connectivity index (χ2n) is 6.53. The van der Waals surface area contributed by atoms with Crippen molar-refractivity contribution < 1.29 is 4.74 Å². The van der Waals surface area contributed by atoms with Crippen LogP contribution in [0, 0.1) is 0 Å². The lowest BCUT2D eigenvalue weighted by Gasteiger charge is -2.21. The molecule has 25 heavy (non-hydrogen) atoms. The average molecular weight is 341 g/mol. The van der Waals surface area contributed by atoms with Gasteiger partial charge in [-0.15, -0.1) is 0 Å². The molecule has 134 valence electrons. The molecule has 1 atom stereocenters. The number of methoxy groups -OCH3 is 1. The smallest absolute Gasteiger partial charge is 0.193 e. The van der Waals surface area contributed by atoms with Crippen molar-refractivity contribution in [3.8, 4) is 0 Å². The van der Waals surface area contributed by atoms with Crippen LogP contribution in [-0.2, 0) is 24.9 Å². The predicted molar refractivity (Wildman–Crippen MR) is 99.5 cm³/mol. The molecule has 2 heterocycles. The number of benzene rings is 1. The number of nitrogens with one attached hydrogen (secondary N) is 1. The van der Waals surface area contributed by atoms with Crippen molar-refractivity contribution in [3.05, 3.63) is 53.3 Å². The van der Waals surface area contributed by atoms with Gasteiger partial charge in [-0.1, -0.05) is 24.3 Å². The van der Waals surface area contributed by atoms with Crippen molar-refractivity contribution in [1.29, 1.82) is 0 Å². The van der Waals surface area contributed by atoms with Gasteiger partial charge in [-0.3, -0.25) is 9.67 Å². The molecule has 6 heteroatoms. The lowest BCUT2D eigenvalue weighted by molar-refractivity contribution is 0.185. The van der Waals surface area contributed by atoms with Crippen molar-refractivity contribution in [2.24, 2.45) is 12.0 Å². The maximum absolute atomic E-state index is 5.21. The van der Waals surface area contributed by atoms with Gasteiger partial charge in [0, 0.05) is 53.0 Å². The molecule has 1 saturated heterocycles. The first-order valence-corrected chi connectivity index (χ1v) is 8.70. The molecule has 1 unspecified atom stereocenters. The Morgan fingerprint density at radius 2 is 2.24 bits per heavy atom. The summed E-state index contributed by atoms with van der Waals surface area (Å²) in [5.74, 6) is 1.49. The number of aromatic nitrogens is 2. The molecule has 6 nitrogen and oxygen atoms in total. The summed E-state index contributed by atoms with van der Waals surface area (Å²) in [4.78, 5) is 6.79. The summed E-state index contributed by atoms with van der Waals surface area (Å²) in [5.41, 5.74) is 3.74. The molecule has 0 aliphatic carbocycles. The average Bonchev–Trinajstić information content (AvgIpc) is 3.25. The summed E-state index contributed by atoms with van der Waals surface area (Å²) < 4.78 is 7.08. The summed E-state index contributed by atoms with van der Waals surface area (Å²) in [7, 11) is 5.54. The molecule has 0 radical (unpaired) electrons. The Bertz CT molecular complexity index is 724. The fourth-order valence-corrected chi connectivity index (χ4v) is 3.39. The highest BCUT2D eigenvalue weighted by atomic mass is 16.5. The van der Waals surface area contributed by atoms with Gasteiger partial charge < -0.3 is 15.0 Å². The van der Waals surface area contributed by atoms with E-state index in [0.717, 1.165) is 32.0 Å². The van der Waals surface area contributed by atoms with E-state index in [9.17, 15) is 0 Å². The van der Waals surface area contributed by atoms with Crippen LogP contribution in [0.5, 0.6) is 0 Å². The van der Waals surface area contributed by atoms with Crippen LogP contribution in [0.15, 0.2) is 41.7 Å². The fourth-order valence-electron chi connectivity index (χ4n) is 3.39. The van der Waals surface area contributed by atoms with E-state index in [0.29, 0.717) is 12.5 Å². The van der Waals surface area contributed by atoms with Crippen LogP contribution in [0.3, 0.4) is 0 Å². The van der Waals surface area contributed by atoms with E-state index in [2.05, 4.69) is 50.8 Å². The first-order chi connectivity index (χ1) is 12.2. The van der Waals surface area contributed by atoms with Gasteiger partial charge in [0.05, 0.1) is 12.8 Å². The van der Waals surface area contributed by atoms with Gasteiger partial charge in [0.15, 0.2) is 5.96 Å². The van der Waals surface area contributed by atoms with E-state index in [4.69, 9.17) is 4.74 Å². The molecule has 0 bridgehead atoms. The third kappa shape index (κ3) is 4.39. The molecule has 1 aromatic heterocycles. The minimum absolute atomic E-state index is 0.525. The zero-order valence-electron chi connectivity index (χ0n) is 15.3. The Labute approximate surface area is 149 Å². The largest absolute Gasteiger partial charge is 0.380 e. The van der Waals surface area contributed by atoms with Crippen molar-refractivity contribution in [1.82, 2.24) is 20.0 Å². The number of nitrogens with zero attached hydrogens (tertiary/aromatic N) is 4. The number of likely N-dealkylation sites (tertiary alicyclic amines) is 1. The number of rotatable bonds is 5. The number of hydrogen-bond donors (Lipinski definition) is 1. The van der Waals surface area contributed by atoms with Crippen molar-refractivity contribution in [2.45, 2.75) is 25.5 Å². The van der Waals surface area contributed by atoms with E-state index in [1.165, 1.54) is 16.7 Å². The molecule has 1 fully saturated rings. The Balaban J connectivity index is 1.57. The first-order valence-electron chi connectivity index (χ1n) is 8.70. The van der Waals surface area contributed by atoms with Gasteiger partial charge in [0.1, 0.15) is 0 Å². The fraction of sp³-hybridized carbons (Fsp3) is 0.474. The standard InChI is InChI=1S/C19H27N5O/c1-20-19(21-10-15-5-4-6-16(9-15)14-25-3)24-8-7-17(13-24)18-11-22-23(2)12-18/h4-6,9,11-12,17H,7-8,10,13-14H2,1-3H3,(H,20,21). The van der Waals surface area contributed by atoms with E-state index < -0.39 is 0 Å². The molecule has 1 aromatic carbocycles. The lowest BCUT2D eigenvalue weighted by Crippen LogP contribution is -2.39.